The molecule has 1 saturated carbocycles. The van der Waals surface area contributed by atoms with Crippen molar-refractivity contribution < 1.29 is 8.60 Å². The van der Waals surface area contributed by atoms with Crippen molar-refractivity contribution in [3.8, 4) is 11.1 Å². The van der Waals surface area contributed by atoms with E-state index in [1.807, 2.05) is 6.20 Å². The van der Waals surface area contributed by atoms with Crippen LogP contribution in [-0.2, 0) is 11.2 Å². The largest absolute Gasteiger partial charge is 0.383 e. The number of nitrogen functional groups attached to an aromatic ring is 1. The molecule has 7 nitrogen and oxygen atoms in total. The van der Waals surface area contributed by atoms with Gasteiger partial charge in [-0.1, -0.05) is 18.9 Å². The van der Waals surface area contributed by atoms with Gasteiger partial charge in [-0.2, -0.15) is 0 Å². The highest BCUT2D eigenvalue weighted by molar-refractivity contribution is 7.83. The molecule has 28 heavy (non-hydrogen) atoms. The van der Waals surface area contributed by atoms with Crippen molar-refractivity contribution in [3.63, 3.8) is 0 Å². The number of nitrogens with zero attached hydrogens (tertiary/aromatic N) is 4. The maximum Gasteiger partial charge on any atom is 0.195 e. The maximum atomic E-state index is 14.7. The van der Waals surface area contributed by atoms with E-state index >= 15 is 0 Å². The van der Waals surface area contributed by atoms with E-state index in [1.54, 1.807) is 26.2 Å². The van der Waals surface area contributed by atoms with Gasteiger partial charge in [0.25, 0.3) is 0 Å². The van der Waals surface area contributed by atoms with Crippen molar-refractivity contribution in [1.82, 2.24) is 18.8 Å². The van der Waals surface area contributed by atoms with Gasteiger partial charge in [0.2, 0.25) is 0 Å². The van der Waals surface area contributed by atoms with Crippen molar-refractivity contribution in [1.29, 1.82) is 0 Å². The molecule has 1 aliphatic rings. The first-order valence-corrected chi connectivity index (χ1v) is 10.3. The molecular weight excluding hydrogens is 379 g/mol. The Hall–Kier alpha value is -2.52. The van der Waals surface area contributed by atoms with Crippen LogP contribution in [0.4, 0.5) is 15.9 Å². The van der Waals surface area contributed by atoms with Crippen molar-refractivity contribution in [3.05, 3.63) is 36.5 Å². The molecule has 9 heteroatoms. The minimum atomic E-state index is -1.51. The van der Waals surface area contributed by atoms with Crippen LogP contribution in [0.25, 0.3) is 22.2 Å². The van der Waals surface area contributed by atoms with Crippen molar-refractivity contribution in [2.45, 2.75) is 31.7 Å². The molecule has 4 rings (SSSR count). The molecule has 2 heterocycles. The highest BCUT2D eigenvalue weighted by Crippen LogP contribution is 2.39. The van der Waals surface area contributed by atoms with Crippen LogP contribution in [0.5, 0.6) is 0 Å². The van der Waals surface area contributed by atoms with Gasteiger partial charge in [-0.05, 0) is 30.5 Å². The SMILES string of the molecule is CN(C)S(=O)Nc1ccc(-c2cn(C3CCCC3)c3ncnc(N)c23)cc1F. The first-order valence-electron chi connectivity index (χ1n) is 9.22. The summed E-state index contributed by atoms with van der Waals surface area (Å²) in [5.74, 6) is -0.0991. The number of halogens is 1. The molecule has 148 valence electrons. The zero-order valence-electron chi connectivity index (χ0n) is 15.9. The van der Waals surface area contributed by atoms with E-state index in [9.17, 15) is 8.60 Å². The Labute approximate surface area is 165 Å². The molecule has 0 saturated heterocycles. The van der Waals surface area contributed by atoms with Crippen LogP contribution >= 0.6 is 0 Å². The summed E-state index contributed by atoms with van der Waals surface area (Å²) >= 11 is -1.51. The number of rotatable bonds is 5. The van der Waals surface area contributed by atoms with Crippen LogP contribution in [0.15, 0.2) is 30.7 Å². The van der Waals surface area contributed by atoms with Crippen LogP contribution in [0.3, 0.4) is 0 Å². The third-order valence-electron chi connectivity index (χ3n) is 5.17. The number of nitrogens with one attached hydrogen (secondary N) is 1. The van der Waals surface area contributed by atoms with E-state index in [2.05, 4.69) is 19.3 Å². The van der Waals surface area contributed by atoms with E-state index in [0.717, 1.165) is 29.4 Å². The van der Waals surface area contributed by atoms with Gasteiger partial charge < -0.3 is 10.3 Å². The Bertz CT molecular complexity index is 1040. The number of benzene rings is 1. The van der Waals surface area contributed by atoms with Gasteiger partial charge >= 0.3 is 0 Å². The molecule has 1 fully saturated rings. The van der Waals surface area contributed by atoms with Gasteiger partial charge in [-0.3, -0.25) is 4.72 Å². The lowest BCUT2D eigenvalue weighted by molar-refractivity contribution is 0.532. The van der Waals surface area contributed by atoms with Gasteiger partial charge in [0, 0.05) is 31.9 Å². The minimum absolute atomic E-state index is 0.180. The predicted molar refractivity (Wildman–Crippen MR) is 110 cm³/mol. The van der Waals surface area contributed by atoms with Crippen LogP contribution in [0.1, 0.15) is 31.7 Å². The molecule has 1 aliphatic carbocycles. The summed E-state index contributed by atoms with van der Waals surface area (Å²) in [6, 6.07) is 5.18. The van der Waals surface area contributed by atoms with Crippen molar-refractivity contribution in [2.75, 3.05) is 24.6 Å². The van der Waals surface area contributed by atoms with Gasteiger partial charge in [0.1, 0.15) is 23.6 Å². The minimum Gasteiger partial charge on any atom is -0.383 e. The Morgan fingerprint density at radius 2 is 2.04 bits per heavy atom. The number of hydrogen-bond donors (Lipinski definition) is 2. The normalized spacial score (nSPS) is 16.1. The molecule has 3 aromatic rings. The number of aromatic nitrogens is 3. The lowest BCUT2D eigenvalue weighted by atomic mass is 10.1. The molecule has 0 bridgehead atoms. The Morgan fingerprint density at radius 1 is 1.29 bits per heavy atom. The fraction of sp³-hybridized carbons (Fsp3) is 0.368. The van der Waals surface area contributed by atoms with E-state index in [4.69, 9.17) is 5.73 Å². The first kappa shape index (κ1) is 18.8. The smallest absolute Gasteiger partial charge is 0.195 e. The molecule has 3 N–H and O–H groups in total. The molecule has 1 aromatic carbocycles. The third kappa shape index (κ3) is 3.35. The van der Waals surface area contributed by atoms with Gasteiger partial charge in [0.15, 0.2) is 11.2 Å². The maximum absolute atomic E-state index is 14.7. The lowest BCUT2D eigenvalue weighted by Gasteiger charge is -2.12. The van der Waals surface area contributed by atoms with E-state index in [1.165, 1.54) is 29.5 Å². The average Bonchev–Trinajstić information content (AvgIpc) is 3.31. The Kier molecular flexibility index (Phi) is 5.03. The second-order valence-electron chi connectivity index (χ2n) is 7.20. The molecule has 0 radical (unpaired) electrons. The van der Waals surface area contributed by atoms with Crippen molar-refractivity contribution in [2.24, 2.45) is 0 Å². The van der Waals surface area contributed by atoms with Gasteiger partial charge in [-0.15, -0.1) is 0 Å². The molecular formula is C19H23FN6OS. The van der Waals surface area contributed by atoms with Crippen LogP contribution in [-0.4, -0.2) is 37.1 Å². The summed E-state index contributed by atoms with van der Waals surface area (Å²) in [5.41, 5.74) is 8.61. The second-order valence-corrected chi connectivity index (χ2v) is 8.64. The quantitative estimate of drug-likeness (QED) is 0.684. The summed E-state index contributed by atoms with van der Waals surface area (Å²) in [6.45, 7) is 0. The number of fused-ring (bicyclic) bond motifs is 1. The van der Waals surface area contributed by atoms with Crippen LogP contribution < -0.4 is 10.5 Å². The van der Waals surface area contributed by atoms with Crippen LogP contribution in [0, 0.1) is 5.82 Å². The second kappa shape index (κ2) is 7.48. The zero-order valence-corrected chi connectivity index (χ0v) is 16.7. The fourth-order valence-electron chi connectivity index (χ4n) is 3.74. The first-order chi connectivity index (χ1) is 13.5. The summed E-state index contributed by atoms with van der Waals surface area (Å²) in [6.07, 6.45) is 8.06. The Morgan fingerprint density at radius 3 is 2.71 bits per heavy atom. The summed E-state index contributed by atoms with van der Waals surface area (Å²) in [5, 5.41) is 0.742. The molecule has 2 aromatic heterocycles. The number of nitrogens with two attached hydrogens (primary N) is 1. The summed E-state index contributed by atoms with van der Waals surface area (Å²) < 4.78 is 32.9. The fourth-order valence-corrected chi connectivity index (χ4v) is 4.28. The number of anilines is 2. The highest BCUT2D eigenvalue weighted by Gasteiger charge is 2.23. The Balaban J connectivity index is 1.79. The standard InChI is InChI=1S/C19H23FN6OS/c1-25(2)28(27)24-16-8-7-12(9-15(16)20)14-10-26(13-5-3-4-6-13)19-17(14)18(21)22-11-23-19/h7-11,13,24H,3-6H2,1-2H3,(H2,21,22,23). The van der Waals surface area contributed by atoms with Crippen LogP contribution in [0.2, 0.25) is 0 Å². The molecule has 1 atom stereocenters. The van der Waals surface area contributed by atoms with E-state index in [-0.39, 0.29) is 5.69 Å². The highest BCUT2D eigenvalue weighted by atomic mass is 32.2. The zero-order chi connectivity index (χ0) is 19.8. The van der Waals surface area contributed by atoms with E-state index in [0.29, 0.717) is 17.4 Å². The predicted octanol–water partition coefficient (Wildman–Crippen LogP) is 3.49. The summed E-state index contributed by atoms with van der Waals surface area (Å²) in [7, 11) is 3.30. The monoisotopic (exact) mass is 402 g/mol. The molecule has 0 spiro atoms. The molecule has 0 amide bonds. The van der Waals surface area contributed by atoms with E-state index < -0.39 is 17.0 Å². The summed E-state index contributed by atoms with van der Waals surface area (Å²) in [4.78, 5) is 8.59. The molecule has 1 unspecified atom stereocenters. The molecule has 0 aliphatic heterocycles. The van der Waals surface area contributed by atoms with Gasteiger partial charge in [-0.25, -0.2) is 22.9 Å². The van der Waals surface area contributed by atoms with Crippen molar-refractivity contribution >= 4 is 33.7 Å². The van der Waals surface area contributed by atoms with Gasteiger partial charge in [0.05, 0.1) is 11.1 Å². The third-order valence-corrected chi connectivity index (χ3v) is 6.22. The topological polar surface area (TPSA) is 89.1 Å². The number of hydrogen-bond acceptors (Lipinski definition) is 4. The average molecular weight is 402 g/mol. The lowest BCUT2D eigenvalue weighted by Crippen LogP contribution is -2.22.